The zero-order valence-corrected chi connectivity index (χ0v) is 15.7. The number of aromatic nitrogens is 2. The minimum absolute atomic E-state index is 0.241. The lowest BCUT2D eigenvalue weighted by Crippen LogP contribution is -2.49. The third kappa shape index (κ3) is 4.85. The van der Waals surface area contributed by atoms with Crippen LogP contribution in [0.1, 0.15) is 23.4 Å². The van der Waals surface area contributed by atoms with Gasteiger partial charge < -0.3 is 9.64 Å². The Labute approximate surface area is 155 Å². The van der Waals surface area contributed by atoms with Gasteiger partial charge in [0.1, 0.15) is 12.4 Å². The number of amides is 1. The lowest BCUT2D eigenvalue weighted by atomic mass is 10.1. The molecule has 0 saturated carbocycles. The minimum atomic E-state index is 0.241. The summed E-state index contributed by atoms with van der Waals surface area (Å²) in [6.45, 7) is 8.99. The molecule has 1 aromatic heterocycles. The van der Waals surface area contributed by atoms with Gasteiger partial charge in [-0.25, -0.2) is 0 Å². The van der Waals surface area contributed by atoms with Crippen LogP contribution in [0.4, 0.5) is 0 Å². The SMILES string of the molecule is Cc1n[nH]c(C)c1CCC(=O)N1CCN(CCOc2ccccc2)CC1. The molecule has 1 fully saturated rings. The number of para-hydroxylation sites is 1. The van der Waals surface area contributed by atoms with E-state index in [1.807, 2.05) is 49.1 Å². The molecule has 6 nitrogen and oxygen atoms in total. The van der Waals surface area contributed by atoms with E-state index in [2.05, 4.69) is 15.1 Å². The monoisotopic (exact) mass is 356 g/mol. The molecule has 0 spiro atoms. The molecule has 1 aliphatic rings. The number of aryl methyl sites for hydroxylation is 2. The highest BCUT2D eigenvalue weighted by atomic mass is 16.5. The number of rotatable bonds is 7. The van der Waals surface area contributed by atoms with Crippen LogP contribution in [0.5, 0.6) is 5.75 Å². The topological polar surface area (TPSA) is 61.5 Å². The average molecular weight is 356 g/mol. The summed E-state index contributed by atoms with van der Waals surface area (Å²) < 4.78 is 5.75. The predicted octanol–water partition coefficient (Wildman–Crippen LogP) is 2.18. The fraction of sp³-hybridized carbons (Fsp3) is 0.500. The van der Waals surface area contributed by atoms with Gasteiger partial charge in [-0.05, 0) is 38.0 Å². The standard InChI is InChI=1S/C20H28N4O2/c1-16-19(17(2)22-21-16)8-9-20(25)24-12-10-23(11-13-24)14-15-26-18-6-4-3-5-7-18/h3-7H,8-15H2,1-2H3,(H,21,22). The quantitative estimate of drug-likeness (QED) is 0.826. The number of aromatic amines is 1. The first-order chi connectivity index (χ1) is 12.6. The highest BCUT2D eigenvalue weighted by Crippen LogP contribution is 2.14. The maximum absolute atomic E-state index is 12.5. The predicted molar refractivity (Wildman–Crippen MR) is 101 cm³/mol. The molecule has 0 unspecified atom stereocenters. The molecule has 2 heterocycles. The van der Waals surface area contributed by atoms with Crippen LogP contribution in [-0.4, -0.2) is 65.2 Å². The number of piperazine rings is 1. The van der Waals surface area contributed by atoms with Crippen LogP contribution < -0.4 is 4.74 Å². The van der Waals surface area contributed by atoms with E-state index in [9.17, 15) is 4.79 Å². The summed E-state index contributed by atoms with van der Waals surface area (Å²) in [5.41, 5.74) is 3.24. The smallest absolute Gasteiger partial charge is 0.222 e. The maximum atomic E-state index is 12.5. The number of H-pyrrole nitrogens is 1. The van der Waals surface area contributed by atoms with E-state index in [1.54, 1.807) is 0 Å². The van der Waals surface area contributed by atoms with Gasteiger partial charge in [0.25, 0.3) is 0 Å². The van der Waals surface area contributed by atoms with Crippen molar-refractivity contribution in [2.45, 2.75) is 26.7 Å². The van der Waals surface area contributed by atoms with Gasteiger partial charge in [-0.2, -0.15) is 5.10 Å². The van der Waals surface area contributed by atoms with Crippen molar-refractivity contribution in [2.24, 2.45) is 0 Å². The van der Waals surface area contributed by atoms with Gasteiger partial charge in [-0.3, -0.25) is 14.8 Å². The molecule has 1 aromatic carbocycles. The second kappa shape index (κ2) is 8.85. The van der Waals surface area contributed by atoms with E-state index in [-0.39, 0.29) is 5.91 Å². The fourth-order valence-corrected chi connectivity index (χ4v) is 3.36. The number of hydrogen-bond donors (Lipinski definition) is 1. The number of carbonyl (C=O) groups excluding carboxylic acids is 1. The Balaban J connectivity index is 1.36. The number of nitrogens with one attached hydrogen (secondary N) is 1. The maximum Gasteiger partial charge on any atom is 0.222 e. The van der Waals surface area contributed by atoms with Gasteiger partial charge in [-0.1, -0.05) is 18.2 Å². The van der Waals surface area contributed by atoms with Crippen molar-refractivity contribution in [1.82, 2.24) is 20.0 Å². The molecule has 6 heteroatoms. The Hall–Kier alpha value is -2.34. The van der Waals surface area contributed by atoms with Gasteiger partial charge in [0.2, 0.25) is 5.91 Å². The summed E-state index contributed by atoms with van der Waals surface area (Å²) in [5, 5.41) is 7.18. The van der Waals surface area contributed by atoms with Gasteiger partial charge >= 0.3 is 0 Å². The second-order valence-corrected chi connectivity index (χ2v) is 6.80. The molecule has 0 radical (unpaired) electrons. The Morgan fingerprint density at radius 3 is 2.54 bits per heavy atom. The Morgan fingerprint density at radius 2 is 1.88 bits per heavy atom. The van der Waals surface area contributed by atoms with E-state index in [0.29, 0.717) is 13.0 Å². The van der Waals surface area contributed by atoms with Crippen LogP contribution in [0.15, 0.2) is 30.3 Å². The molecule has 1 saturated heterocycles. The van der Waals surface area contributed by atoms with E-state index in [0.717, 1.165) is 56.3 Å². The van der Waals surface area contributed by atoms with Crippen LogP contribution in [-0.2, 0) is 11.2 Å². The van der Waals surface area contributed by atoms with Gasteiger partial charge in [0, 0.05) is 44.8 Å². The third-order valence-corrected chi connectivity index (χ3v) is 5.01. The molecule has 0 bridgehead atoms. The van der Waals surface area contributed by atoms with Crippen LogP contribution >= 0.6 is 0 Å². The summed E-state index contributed by atoms with van der Waals surface area (Å²) in [6, 6.07) is 9.89. The third-order valence-electron chi connectivity index (χ3n) is 5.01. The zero-order chi connectivity index (χ0) is 18.4. The van der Waals surface area contributed by atoms with Crippen LogP contribution in [0.3, 0.4) is 0 Å². The summed E-state index contributed by atoms with van der Waals surface area (Å²) in [4.78, 5) is 16.8. The van der Waals surface area contributed by atoms with Crippen molar-refractivity contribution >= 4 is 5.91 Å². The lowest BCUT2D eigenvalue weighted by Gasteiger charge is -2.34. The second-order valence-electron chi connectivity index (χ2n) is 6.80. The zero-order valence-electron chi connectivity index (χ0n) is 15.7. The summed E-state index contributed by atoms with van der Waals surface area (Å²) in [7, 11) is 0. The summed E-state index contributed by atoms with van der Waals surface area (Å²) >= 11 is 0. The van der Waals surface area contributed by atoms with Gasteiger partial charge in [0.05, 0.1) is 5.69 Å². The Kier molecular flexibility index (Phi) is 6.28. The van der Waals surface area contributed by atoms with Crippen molar-refractivity contribution in [2.75, 3.05) is 39.3 Å². The van der Waals surface area contributed by atoms with E-state index in [1.165, 1.54) is 5.56 Å². The first kappa shape index (κ1) is 18.5. The van der Waals surface area contributed by atoms with Crippen LogP contribution in [0.25, 0.3) is 0 Å². The normalized spacial score (nSPS) is 15.2. The molecule has 1 N–H and O–H groups in total. The average Bonchev–Trinajstić information content (AvgIpc) is 2.99. The van der Waals surface area contributed by atoms with E-state index in [4.69, 9.17) is 4.74 Å². The molecule has 1 amide bonds. The molecule has 1 aliphatic heterocycles. The number of hydrogen-bond acceptors (Lipinski definition) is 4. The van der Waals surface area contributed by atoms with Crippen LogP contribution in [0.2, 0.25) is 0 Å². The van der Waals surface area contributed by atoms with E-state index < -0.39 is 0 Å². The molecule has 2 aromatic rings. The van der Waals surface area contributed by atoms with Crippen molar-refractivity contribution in [3.8, 4) is 5.75 Å². The number of nitrogens with zero attached hydrogens (tertiary/aromatic N) is 3. The van der Waals surface area contributed by atoms with Crippen LogP contribution in [0, 0.1) is 13.8 Å². The fourth-order valence-electron chi connectivity index (χ4n) is 3.36. The first-order valence-corrected chi connectivity index (χ1v) is 9.32. The number of carbonyl (C=O) groups is 1. The molecule has 0 aliphatic carbocycles. The summed E-state index contributed by atoms with van der Waals surface area (Å²) in [6.07, 6.45) is 1.32. The van der Waals surface area contributed by atoms with Gasteiger partial charge in [-0.15, -0.1) is 0 Å². The van der Waals surface area contributed by atoms with Crippen molar-refractivity contribution in [3.05, 3.63) is 47.3 Å². The van der Waals surface area contributed by atoms with Crippen molar-refractivity contribution in [1.29, 1.82) is 0 Å². The van der Waals surface area contributed by atoms with Gasteiger partial charge in [0.15, 0.2) is 0 Å². The molecule has 26 heavy (non-hydrogen) atoms. The largest absolute Gasteiger partial charge is 0.492 e. The number of ether oxygens (including phenoxy) is 1. The molecule has 0 atom stereocenters. The molecule has 3 rings (SSSR count). The minimum Gasteiger partial charge on any atom is -0.492 e. The highest BCUT2D eigenvalue weighted by molar-refractivity contribution is 5.76. The Morgan fingerprint density at radius 1 is 1.15 bits per heavy atom. The van der Waals surface area contributed by atoms with E-state index >= 15 is 0 Å². The molecule has 140 valence electrons. The Bertz CT molecular complexity index is 686. The molecular weight excluding hydrogens is 328 g/mol. The summed E-state index contributed by atoms with van der Waals surface area (Å²) in [5.74, 6) is 1.15. The molecular formula is C20H28N4O2. The lowest BCUT2D eigenvalue weighted by molar-refractivity contribution is -0.132. The number of benzene rings is 1. The van der Waals surface area contributed by atoms with Crippen molar-refractivity contribution < 1.29 is 9.53 Å². The van der Waals surface area contributed by atoms with Crippen molar-refractivity contribution in [3.63, 3.8) is 0 Å². The first-order valence-electron chi connectivity index (χ1n) is 9.32. The highest BCUT2D eigenvalue weighted by Gasteiger charge is 2.21.